The zero-order valence-corrected chi connectivity index (χ0v) is 10.4. The summed E-state index contributed by atoms with van der Waals surface area (Å²) < 4.78 is 9.59. The van der Waals surface area contributed by atoms with E-state index >= 15 is 0 Å². The van der Waals surface area contributed by atoms with Crippen LogP contribution in [0, 0.1) is 10.8 Å². The third-order valence-electron chi connectivity index (χ3n) is 1.52. The van der Waals surface area contributed by atoms with E-state index in [9.17, 15) is 0 Å². The molecule has 6 heteroatoms. The Bertz CT molecular complexity index is 190. The molecule has 2 atom stereocenters. The van der Waals surface area contributed by atoms with Crippen LogP contribution in [0.2, 0.25) is 0 Å². The zero-order chi connectivity index (χ0) is 11.1. The Balaban J connectivity index is 3.82. The predicted molar refractivity (Wildman–Crippen MR) is 63.6 cm³/mol. The highest BCUT2D eigenvalue weighted by Crippen LogP contribution is 2.31. The van der Waals surface area contributed by atoms with Crippen LogP contribution in [0.4, 0.5) is 0 Å². The second kappa shape index (κ2) is 7.00. The molecular weight excluding hydrogens is 220 g/mol. The average molecular weight is 236 g/mol. The Morgan fingerprint density at radius 3 is 1.43 bits per heavy atom. The minimum absolute atomic E-state index is 0.00268. The summed E-state index contributed by atoms with van der Waals surface area (Å²) in [4.78, 5) is 0. The summed E-state index contributed by atoms with van der Waals surface area (Å²) in [6.07, 6.45) is 0. The van der Waals surface area contributed by atoms with Crippen molar-refractivity contribution < 1.29 is 9.47 Å². The van der Waals surface area contributed by atoms with E-state index in [4.69, 9.17) is 20.3 Å². The Hall–Kier alpha value is -0.360. The second-order valence-electron chi connectivity index (χ2n) is 2.61. The molecule has 0 rings (SSSR count). The molecular formula is C8H16N2O2S2. The Morgan fingerprint density at radius 1 is 0.929 bits per heavy atom. The van der Waals surface area contributed by atoms with Crippen LogP contribution >= 0.6 is 21.6 Å². The molecule has 0 fully saturated rings. The van der Waals surface area contributed by atoms with Crippen molar-refractivity contribution in [3.8, 4) is 0 Å². The van der Waals surface area contributed by atoms with Gasteiger partial charge in [-0.1, -0.05) is 21.6 Å². The lowest BCUT2D eigenvalue weighted by Gasteiger charge is -2.14. The van der Waals surface area contributed by atoms with Crippen molar-refractivity contribution in [3.05, 3.63) is 0 Å². The van der Waals surface area contributed by atoms with Gasteiger partial charge in [0.05, 0.1) is 24.7 Å². The van der Waals surface area contributed by atoms with Crippen LogP contribution in [0.5, 0.6) is 0 Å². The van der Waals surface area contributed by atoms with Gasteiger partial charge in [-0.05, 0) is 13.8 Å². The third-order valence-corrected chi connectivity index (χ3v) is 4.70. The minimum Gasteiger partial charge on any atom is -0.484 e. The molecule has 0 heterocycles. The lowest BCUT2D eigenvalue weighted by molar-refractivity contribution is 0.389. The molecule has 82 valence electrons. The number of hydrogen-bond acceptors (Lipinski definition) is 6. The van der Waals surface area contributed by atoms with Gasteiger partial charge in [0.2, 0.25) is 0 Å². The van der Waals surface area contributed by atoms with Gasteiger partial charge in [-0.2, -0.15) is 0 Å². The van der Waals surface area contributed by atoms with Crippen molar-refractivity contribution in [1.29, 1.82) is 10.8 Å². The van der Waals surface area contributed by atoms with Gasteiger partial charge in [0.15, 0.2) is 11.8 Å². The number of hydrogen-bond donors (Lipinski definition) is 2. The lowest BCUT2D eigenvalue weighted by atomic mass is 10.5. The highest BCUT2D eigenvalue weighted by atomic mass is 33.1. The molecule has 0 aromatic carbocycles. The average Bonchev–Trinajstić information content (AvgIpc) is 2.22. The minimum atomic E-state index is -0.00268. The van der Waals surface area contributed by atoms with Gasteiger partial charge >= 0.3 is 0 Å². The van der Waals surface area contributed by atoms with Crippen molar-refractivity contribution in [1.82, 2.24) is 0 Å². The largest absolute Gasteiger partial charge is 0.484 e. The fourth-order valence-electron chi connectivity index (χ4n) is 0.586. The maximum atomic E-state index is 7.40. The molecule has 0 spiro atoms. The molecule has 0 aromatic heterocycles. The van der Waals surface area contributed by atoms with Crippen molar-refractivity contribution >= 4 is 33.4 Å². The van der Waals surface area contributed by atoms with Crippen LogP contribution in [-0.4, -0.2) is 36.5 Å². The molecule has 0 saturated carbocycles. The van der Waals surface area contributed by atoms with Gasteiger partial charge in [0, 0.05) is 0 Å². The Labute approximate surface area is 92.5 Å². The van der Waals surface area contributed by atoms with Gasteiger partial charge in [-0.3, -0.25) is 10.8 Å². The van der Waals surface area contributed by atoms with Gasteiger partial charge in [0.1, 0.15) is 0 Å². The zero-order valence-electron chi connectivity index (χ0n) is 8.79. The number of rotatable bonds is 5. The van der Waals surface area contributed by atoms with Crippen LogP contribution in [0.1, 0.15) is 13.8 Å². The first kappa shape index (κ1) is 13.6. The summed E-state index contributed by atoms with van der Waals surface area (Å²) in [6, 6.07) is 0. The van der Waals surface area contributed by atoms with E-state index in [0.29, 0.717) is 0 Å². The summed E-state index contributed by atoms with van der Waals surface area (Å²) in [5.74, 6) is 0.497. The topological polar surface area (TPSA) is 66.2 Å². The van der Waals surface area contributed by atoms with Gasteiger partial charge in [-0.15, -0.1) is 0 Å². The molecule has 2 unspecified atom stereocenters. The first-order valence-electron chi connectivity index (χ1n) is 4.09. The molecule has 0 amide bonds. The molecule has 0 saturated heterocycles. The van der Waals surface area contributed by atoms with Gasteiger partial charge < -0.3 is 9.47 Å². The molecule has 0 aromatic rings. The molecule has 0 aliphatic heterocycles. The lowest BCUT2D eigenvalue weighted by Crippen LogP contribution is -2.16. The van der Waals surface area contributed by atoms with E-state index in [1.165, 1.54) is 35.8 Å². The van der Waals surface area contributed by atoms with E-state index in [-0.39, 0.29) is 22.3 Å². The SMILES string of the molecule is COC(=N)C(C)SSC(C)C(=N)OC. The van der Waals surface area contributed by atoms with Crippen LogP contribution in [0.3, 0.4) is 0 Å². The standard InChI is InChI=1S/C8H16N2O2S2/c1-5(7(9)11-3)13-14-6(2)8(10)12-4/h5-6,9-10H,1-4H3. The Kier molecular flexibility index (Phi) is 6.82. The fourth-order valence-corrected chi connectivity index (χ4v) is 2.81. The normalized spacial score (nSPS) is 14.3. The van der Waals surface area contributed by atoms with Gasteiger partial charge in [0.25, 0.3) is 0 Å². The highest BCUT2D eigenvalue weighted by Gasteiger charge is 2.15. The predicted octanol–water partition coefficient (Wildman–Crippen LogP) is 2.39. The van der Waals surface area contributed by atoms with Crippen molar-refractivity contribution in [2.75, 3.05) is 14.2 Å². The third kappa shape index (κ3) is 4.76. The molecule has 0 aliphatic carbocycles. The number of methoxy groups -OCH3 is 2. The van der Waals surface area contributed by atoms with E-state index in [1.807, 2.05) is 13.8 Å². The van der Waals surface area contributed by atoms with E-state index in [1.54, 1.807) is 0 Å². The molecule has 0 radical (unpaired) electrons. The van der Waals surface area contributed by atoms with Crippen molar-refractivity contribution in [2.24, 2.45) is 0 Å². The van der Waals surface area contributed by atoms with E-state index < -0.39 is 0 Å². The molecule has 14 heavy (non-hydrogen) atoms. The molecule has 0 bridgehead atoms. The van der Waals surface area contributed by atoms with Crippen molar-refractivity contribution in [3.63, 3.8) is 0 Å². The maximum absolute atomic E-state index is 7.40. The number of ether oxygens (including phenoxy) is 2. The Morgan fingerprint density at radius 2 is 1.21 bits per heavy atom. The van der Waals surface area contributed by atoms with E-state index in [2.05, 4.69) is 0 Å². The first-order valence-corrected chi connectivity index (χ1v) is 6.37. The van der Waals surface area contributed by atoms with Crippen molar-refractivity contribution in [2.45, 2.75) is 24.3 Å². The maximum Gasteiger partial charge on any atom is 0.194 e. The number of nitrogens with one attached hydrogen (secondary N) is 2. The molecule has 4 nitrogen and oxygen atoms in total. The first-order chi connectivity index (χ1) is 6.52. The summed E-state index contributed by atoms with van der Waals surface area (Å²) in [5.41, 5.74) is 0. The summed E-state index contributed by atoms with van der Waals surface area (Å²) in [7, 11) is 6.00. The highest BCUT2D eigenvalue weighted by molar-refractivity contribution is 8.77. The summed E-state index contributed by atoms with van der Waals surface area (Å²) in [5, 5.41) is 14.8. The van der Waals surface area contributed by atoms with E-state index in [0.717, 1.165) is 0 Å². The van der Waals surface area contributed by atoms with Gasteiger partial charge in [-0.25, -0.2) is 0 Å². The quantitative estimate of drug-likeness (QED) is 0.437. The van der Waals surface area contributed by atoms with Crippen LogP contribution in [0.15, 0.2) is 0 Å². The molecule has 2 N–H and O–H groups in total. The van der Waals surface area contributed by atoms with Crippen LogP contribution in [-0.2, 0) is 9.47 Å². The van der Waals surface area contributed by atoms with Crippen LogP contribution < -0.4 is 0 Å². The molecule has 0 aliphatic rings. The second-order valence-corrected chi connectivity index (χ2v) is 5.57. The van der Waals surface area contributed by atoms with Crippen LogP contribution in [0.25, 0.3) is 0 Å². The fraction of sp³-hybridized carbons (Fsp3) is 0.750. The summed E-state index contributed by atoms with van der Waals surface area (Å²) in [6.45, 7) is 3.79. The monoisotopic (exact) mass is 236 g/mol. The smallest absolute Gasteiger partial charge is 0.194 e. The summed E-state index contributed by atoms with van der Waals surface area (Å²) >= 11 is 0.